The topological polar surface area (TPSA) is 83.8 Å². The Morgan fingerprint density at radius 1 is 1.38 bits per heavy atom. The number of ether oxygens (including phenoxy) is 1. The molecule has 0 aromatic heterocycles. The molecule has 3 aliphatic carbocycles. The van der Waals surface area contributed by atoms with Crippen LogP contribution in [0.5, 0.6) is 0 Å². The quantitative estimate of drug-likeness (QED) is 0.805. The van der Waals surface area contributed by atoms with Gasteiger partial charge in [-0.2, -0.15) is 0 Å². The largest absolute Gasteiger partial charge is 0.481 e. The first-order valence-corrected chi connectivity index (χ1v) is 8.27. The van der Waals surface area contributed by atoms with E-state index in [2.05, 4.69) is 13.0 Å². The summed E-state index contributed by atoms with van der Waals surface area (Å²) < 4.78 is 20.4. The molecule has 0 aliphatic heterocycles. The van der Waals surface area contributed by atoms with Crippen molar-refractivity contribution in [1.82, 2.24) is 0 Å². The Bertz CT molecular complexity index is 641. The normalized spacial score (nSPS) is 46.3. The minimum atomic E-state index is -2.43. The van der Waals surface area contributed by atoms with Crippen LogP contribution < -0.4 is 0 Å². The van der Waals surface area contributed by atoms with Gasteiger partial charge in [0.1, 0.15) is 0 Å². The van der Waals surface area contributed by atoms with Gasteiger partial charge in [0, 0.05) is 17.8 Å². The van der Waals surface area contributed by atoms with Crippen LogP contribution in [0.3, 0.4) is 0 Å². The molecule has 0 aromatic rings. The number of carbonyl (C=O) groups is 2. The average molecular weight is 338 g/mol. The second kappa shape index (κ2) is 5.41. The molecule has 6 heteroatoms. The summed E-state index contributed by atoms with van der Waals surface area (Å²) in [6.07, 6.45) is 5.66. The Morgan fingerprint density at radius 2 is 2.04 bits per heavy atom. The summed E-state index contributed by atoms with van der Waals surface area (Å²) in [7, 11) is 0. The first kappa shape index (κ1) is 17.1. The highest BCUT2D eigenvalue weighted by Gasteiger charge is 2.84. The van der Waals surface area contributed by atoms with Gasteiger partial charge < -0.3 is 14.9 Å². The zero-order chi connectivity index (χ0) is 17.9. The Morgan fingerprint density at radius 3 is 2.58 bits per heavy atom. The standard InChI is InChI=1S/C18H23FO5/c1-9-4-5-11(10(2)6-9)8-24-13-7-12-14(17(13,3)15(20)21)18(12,19)16(22)23/h4-6,10-14H,7-8H2,1-3H3,(H,20,21)(H,22,23)/t10?,11?,12-,13-,14-,17-,18-/m1/s1. The van der Waals surface area contributed by atoms with Crippen LogP contribution in [0.2, 0.25) is 0 Å². The van der Waals surface area contributed by atoms with Crippen molar-refractivity contribution in [3.63, 3.8) is 0 Å². The first-order valence-electron chi connectivity index (χ1n) is 8.27. The Labute approximate surface area is 140 Å². The van der Waals surface area contributed by atoms with Crippen molar-refractivity contribution in [3.05, 3.63) is 23.8 Å². The highest BCUT2D eigenvalue weighted by Crippen LogP contribution is 2.71. The summed E-state index contributed by atoms with van der Waals surface area (Å²) in [4.78, 5) is 22.9. The third kappa shape index (κ3) is 2.23. The molecule has 0 radical (unpaired) electrons. The van der Waals surface area contributed by atoms with E-state index in [1.54, 1.807) is 0 Å². The molecule has 0 heterocycles. The number of rotatable bonds is 5. The molecule has 24 heavy (non-hydrogen) atoms. The van der Waals surface area contributed by atoms with Gasteiger partial charge in [0.05, 0.1) is 18.1 Å². The van der Waals surface area contributed by atoms with Crippen molar-refractivity contribution < 1.29 is 28.9 Å². The highest BCUT2D eigenvalue weighted by atomic mass is 19.1. The van der Waals surface area contributed by atoms with Crippen molar-refractivity contribution in [2.45, 2.75) is 39.0 Å². The van der Waals surface area contributed by atoms with E-state index in [-0.39, 0.29) is 18.3 Å². The van der Waals surface area contributed by atoms with Crippen LogP contribution >= 0.6 is 0 Å². The zero-order valence-corrected chi connectivity index (χ0v) is 14.0. The number of carboxylic acids is 2. The number of alkyl halides is 1. The SMILES string of the molecule is CC1=CC(C)C(CO[C@@H]2C[C@@H]3[C@H]([C@]2(C)C(=O)O)[C@@]3(F)C(=O)O)C=C1. The maximum Gasteiger partial charge on any atom is 0.342 e. The van der Waals surface area contributed by atoms with Gasteiger partial charge in [-0.05, 0) is 26.2 Å². The van der Waals surface area contributed by atoms with Gasteiger partial charge in [0.15, 0.2) is 0 Å². The molecule has 2 N–H and O–H groups in total. The lowest BCUT2D eigenvalue weighted by Crippen LogP contribution is -2.46. The summed E-state index contributed by atoms with van der Waals surface area (Å²) in [5.41, 5.74) is -2.75. The summed E-state index contributed by atoms with van der Waals surface area (Å²) in [6.45, 7) is 5.85. The van der Waals surface area contributed by atoms with E-state index in [1.165, 1.54) is 12.5 Å². The molecule has 7 atom stereocenters. The molecule has 3 rings (SSSR count). The van der Waals surface area contributed by atoms with Crippen LogP contribution in [0.1, 0.15) is 27.2 Å². The van der Waals surface area contributed by atoms with Crippen molar-refractivity contribution in [3.8, 4) is 0 Å². The fourth-order valence-corrected chi connectivity index (χ4v) is 4.55. The zero-order valence-electron chi connectivity index (χ0n) is 14.0. The molecule has 132 valence electrons. The van der Waals surface area contributed by atoms with Crippen LogP contribution in [0, 0.1) is 29.1 Å². The van der Waals surface area contributed by atoms with Gasteiger partial charge in [-0.1, -0.05) is 30.7 Å². The molecule has 0 saturated heterocycles. The average Bonchev–Trinajstić information content (AvgIpc) is 2.96. The van der Waals surface area contributed by atoms with Gasteiger partial charge in [0.2, 0.25) is 5.67 Å². The molecule has 0 spiro atoms. The van der Waals surface area contributed by atoms with Gasteiger partial charge in [-0.25, -0.2) is 9.18 Å². The lowest BCUT2D eigenvalue weighted by atomic mass is 9.79. The number of halogens is 1. The third-order valence-electron chi connectivity index (χ3n) is 6.15. The molecule has 2 fully saturated rings. The number of hydrogen-bond donors (Lipinski definition) is 2. The molecule has 0 aromatic carbocycles. The lowest BCUT2D eigenvalue weighted by molar-refractivity contribution is -0.164. The number of carboxylic acid groups (broad SMARTS) is 2. The van der Waals surface area contributed by atoms with Crippen molar-refractivity contribution in [2.24, 2.45) is 29.1 Å². The first-order chi connectivity index (χ1) is 11.1. The van der Waals surface area contributed by atoms with Crippen LogP contribution in [0.15, 0.2) is 23.8 Å². The number of aliphatic carboxylic acids is 2. The molecule has 0 bridgehead atoms. The molecule has 3 aliphatic rings. The van der Waals surface area contributed by atoms with Crippen LogP contribution in [0.25, 0.3) is 0 Å². The van der Waals surface area contributed by atoms with Crippen LogP contribution in [0.4, 0.5) is 4.39 Å². The van der Waals surface area contributed by atoms with Crippen molar-refractivity contribution in [1.29, 1.82) is 0 Å². The Hall–Kier alpha value is -1.69. The van der Waals surface area contributed by atoms with E-state index in [9.17, 15) is 19.1 Å². The maximum atomic E-state index is 14.5. The second-order valence-electron chi connectivity index (χ2n) is 7.60. The predicted octanol–water partition coefficient (Wildman–Crippen LogP) is 2.67. The fraction of sp³-hybridized carbons (Fsp3) is 0.667. The fourth-order valence-electron chi connectivity index (χ4n) is 4.55. The summed E-state index contributed by atoms with van der Waals surface area (Å²) in [5.74, 6) is -4.13. The van der Waals surface area contributed by atoms with Gasteiger partial charge in [-0.3, -0.25) is 4.79 Å². The van der Waals surface area contributed by atoms with E-state index < -0.39 is 41.0 Å². The lowest BCUT2D eigenvalue weighted by Gasteiger charge is -2.33. The molecular formula is C18H23FO5. The van der Waals surface area contributed by atoms with Crippen LogP contribution in [-0.4, -0.2) is 40.5 Å². The minimum Gasteiger partial charge on any atom is -0.481 e. The van der Waals surface area contributed by atoms with E-state index in [0.29, 0.717) is 6.61 Å². The second-order valence-corrected chi connectivity index (χ2v) is 7.60. The van der Waals surface area contributed by atoms with Gasteiger partial charge >= 0.3 is 11.9 Å². The number of fused-ring (bicyclic) bond motifs is 1. The maximum absolute atomic E-state index is 14.5. The van der Waals surface area contributed by atoms with Gasteiger partial charge in [-0.15, -0.1) is 0 Å². The van der Waals surface area contributed by atoms with E-state index in [0.717, 1.165) is 0 Å². The monoisotopic (exact) mass is 338 g/mol. The van der Waals surface area contributed by atoms with Gasteiger partial charge in [0.25, 0.3) is 0 Å². The molecule has 0 amide bonds. The Balaban J connectivity index is 1.71. The summed E-state index contributed by atoms with van der Waals surface area (Å²) in [5, 5.41) is 18.7. The van der Waals surface area contributed by atoms with E-state index >= 15 is 0 Å². The Kier molecular flexibility index (Phi) is 3.86. The minimum absolute atomic E-state index is 0.135. The van der Waals surface area contributed by atoms with Crippen molar-refractivity contribution in [2.75, 3.05) is 6.61 Å². The smallest absolute Gasteiger partial charge is 0.342 e. The number of hydrogen-bond acceptors (Lipinski definition) is 3. The van der Waals surface area contributed by atoms with Crippen LogP contribution in [-0.2, 0) is 14.3 Å². The summed E-state index contributed by atoms with van der Waals surface area (Å²) >= 11 is 0. The third-order valence-corrected chi connectivity index (χ3v) is 6.15. The van der Waals surface area contributed by atoms with Crippen molar-refractivity contribution >= 4 is 11.9 Å². The summed E-state index contributed by atoms with van der Waals surface area (Å²) in [6, 6.07) is 0. The predicted molar refractivity (Wildman–Crippen MR) is 84.1 cm³/mol. The highest BCUT2D eigenvalue weighted by molar-refractivity contribution is 5.88. The molecular weight excluding hydrogens is 315 g/mol. The molecule has 2 unspecified atom stereocenters. The molecule has 5 nitrogen and oxygen atoms in total. The van der Waals surface area contributed by atoms with E-state index in [4.69, 9.17) is 9.84 Å². The number of allylic oxidation sites excluding steroid dienone is 3. The van der Waals surface area contributed by atoms with E-state index in [1.807, 2.05) is 19.1 Å². The molecule has 2 saturated carbocycles.